The number of aliphatic hydroxyl groups excluding tert-OH is 1. The molecule has 0 aliphatic rings. The number of nitrogens with one attached hydrogen (secondary N) is 1. The number of rotatable bonds is 6. The summed E-state index contributed by atoms with van der Waals surface area (Å²) in [5.74, 6) is -0.321. The van der Waals surface area contributed by atoms with E-state index in [1.54, 1.807) is 13.0 Å². The molecule has 0 spiro atoms. The van der Waals surface area contributed by atoms with Gasteiger partial charge in [0.15, 0.2) is 0 Å². The second-order valence-corrected chi connectivity index (χ2v) is 4.25. The molecule has 100 valence electrons. The highest BCUT2D eigenvalue weighted by Gasteiger charge is 2.17. The van der Waals surface area contributed by atoms with Crippen molar-refractivity contribution in [2.75, 3.05) is 19.7 Å². The molecule has 0 aromatic carbocycles. The highest BCUT2D eigenvalue weighted by atomic mass is 16.3. The number of H-pyrrole nitrogens is 1. The van der Waals surface area contributed by atoms with Crippen molar-refractivity contribution in [2.24, 2.45) is 0 Å². The summed E-state index contributed by atoms with van der Waals surface area (Å²) in [6, 6.07) is 3.23. The minimum atomic E-state index is -0.376. The molecule has 1 aromatic heterocycles. The van der Waals surface area contributed by atoms with Gasteiger partial charge in [-0.1, -0.05) is 13.3 Å². The predicted molar refractivity (Wildman–Crippen MR) is 69.7 cm³/mol. The van der Waals surface area contributed by atoms with E-state index in [0.29, 0.717) is 6.54 Å². The number of carbonyl (C=O) groups is 1. The Hall–Kier alpha value is -1.62. The standard InChI is InChI=1S/C13H20N2O3/c1-3-4-7-15(8-9-16)13(18)11-6-5-10(2)14-12(11)17/h5-6,16H,3-4,7-9H2,1-2H3,(H,14,17). The average Bonchev–Trinajstić information content (AvgIpc) is 2.33. The average molecular weight is 252 g/mol. The number of hydrogen-bond donors (Lipinski definition) is 2. The quantitative estimate of drug-likeness (QED) is 0.790. The number of aliphatic hydroxyl groups is 1. The molecule has 0 radical (unpaired) electrons. The third kappa shape index (κ3) is 3.70. The van der Waals surface area contributed by atoms with Gasteiger partial charge >= 0.3 is 0 Å². The summed E-state index contributed by atoms with van der Waals surface area (Å²) in [4.78, 5) is 28.0. The van der Waals surface area contributed by atoms with Gasteiger partial charge in [0.1, 0.15) is 5.56 Å². The van der Waals surface area contributed by atoms with E-state index in [2.05, 4.69) is 4.98 Å². The molecule has 5 nitrogen and oxygen atoms in total. The Kier molecular flexibility index (Phi) is 5.58. The van der Waals surface area contributed by atoms with E-state index in [-0.39, 0.29) is 30.2 Å². The van der Waals surface area contributed by atoms with Gasteiger partial charge in [0, 0.05) is 18.8 Å². The molecule has 5 heteroatoms. The summed E-state index contributed by atoms with van der Waals surface area (Å²) in [5.41, 5.74) is 0.475. The monoisotopic (exact) mass is 252 g/mol. The zero-order chi connectivity index (χ0) is 13.5. The number of amides is 1. The topological polar surface area (TPSA) is 73.4 Å². The third-order valence-corrected chi connectivity index (χ3v) is 2.72. The van der Waals surface area contributed by atoms with E-state index in [1.165, 1.54) is 11.0 Å². The molecule has 0 aliphatic heterocycles. The maximum absolute atomic E-state index is 12.2. The SMILES string of the molecule is CCCCN(CCO)C(=O)c1ccc(C)[nH]c1=O. The molecular weight excluding hydrogens is 232 g/mol. The Bertz CT molecular complexity index is 454. The Morgan fingerprint density at radius 2 is 2.11 bits per heavy atom. The number of hydrogen-bond acceptors (Lipinski definition) is 3. The molecule has 2 N–H and O–H groups in total. The second kappa shape index (κ2) is 6.96. The first-order chi connectivity index (χ1) is 8.60. The van der Waals surface area contributed by atoms with Crippen molar-refractivity contribution < 1.29 is 9.90 Å². The van der Waals surface area contributed by atoms with E-state index in [9.17, 15) is 9.59 Å². The molecule has 0 fully saturated rings. The summed E-state index contributed by atoms with van der Waals surface area (Å²) < 4.78 is 0. The van der Waals surface area contributed by atoms with Crippen LogP contribution in [0.5, 0.6) is 0 Å². The lowest BCUT2D eigenvalue weighted by atomic mass is 10.2. The third-order valence-electron chi connectivity index (χ3n) is 2.72. The van der Waals surface area contributed by atoms with Crippen LogP contribution in [0.3, 0.4) is 0 Å². The van der Waals surface area contributed by atoms with E-state index in [1.807, 2.05) is 6.92 Å². The normalized spacial score (nSPS) is 10.4. The van der Waals surface area contributed by atoms with Crippen LogP contribution < -0.4 is 5.56 Å². The van der Waals surface area contributed by atoms with Crippen molar-refractivity contribution in [1.82, 2.24) is 9.88 Å². The Labute approximate surface area is 106 Å². The van der Waals surface area contributed by atoms with Gasteiger partial charge in [-0.3, -0.25) is 9.59 Å². The van der Waals surface area contributed by atoms with Crippen molar-refractivity contribution >= 4 is 5.91 Å². The van der Waals surface area contributed by atoms with Gasteiger partial charge in [-0.25, -0.2) is 0 Å². The van der Waals surface area contributed by atoms with E-state index < -0.39 is 0 Å². The zero-order valence-electron chi connectivity index (χ0n) is 10.9. The number of aromatic amines is 1. The summed E-state index contributed by atoms with van der Waals surface area (Å²) in [5, 5.41) is 8.97. The summed E-state index contributed by atoms with van der Waals surface area (Å²) in [6.07, 6.45) is 1.81. The summed E-state index contributed by atoms with van der Waals surface area (Å²) in [7, 11) is 0. The molecule has 0 saturated carbocycles. The van der Waals surface area contributed by atoms with E-state index >= 15 is 0 Å². The van der Waals surface area contributed by atoms with Gasteiger partial charge in [-0.15, -0.1) is 0 Å². The molecule has 0 unspecified atom stereocenters. The smallest absolute Gasteiger partial charge is 0.260 e. The van der Waals surface area contributed by atoms with E-state index in [0.717, 1.165) is 18.5 Å². The van der Waals surface area contributed by atoms with Crippen molar-refractivity contribution in [3.63, 3.8) is 0 Å². The lowest BCUT2D eigenvalue weighted by Crippen LogP contribution is -2.37. The molecule has 1 aromatic rings. The van der Waals surface area contributed by atoms with Gasteiger partial charge in [0.05, 0.1) is 6.61 Å². The number of unbranched alkanes of at least 4 members (excludes halogenated alkanes) is 1. The van der Waals surface area contributed by atoms with Crippen LogP contribution in [0.4, 0.5) is 0 Å². The van der Waals surface area contributed by atoms with Crippen LogP contribution in [0, 0.1) is 6.92 Å². The molecule has 18 heavy (non-hydrogen) atoms. The van der Waals surface area contributed by atoms with Crippen molar-refractivity contribution in [2.45, 2.75) is 26.7 Å². The lowest BCUT2D eigenvalue weighted by Gasteiger charge is -2.21. The van der Waals surface area contributed by atoms with Crippen molar-refractivity contribution in [3.05, 3.63) is 33.7 Å². The summed E-state index contributed by atoms with van der Waals surface area (Å²) >= 11 is 0. The first-order valence-electron chi connectivity index (χ1n) is 6.20. The van der Waals surface area contributed by atoms with Crippen molar-refractivity contribution in [1.29, 1.82) is 0 Å². The summed E-state index contributed by atoms with van der Waals surface area (Å²) in [6.45, 7) is 4.51. The van der Waals surface area contributed by atoms with Gasteiger partial charge in [0.2, 0.25) is 0 Å². The highest BCUT2D eigenvalue weighted by Crippen LogP contribution is 2.03. The predicted octanol–water partition coefficient (Wildman–Crippen LogP) is 0.918. The van der Waals surface area contributed by atoms with Crippen LogP contribution in [-0.2, 0) is 0 Å². The Morgan fingerprint density at radius 3 is 2.67 bits per heavy atom. The first kappa shape index (κ1) is 14.4. The number of aryl methyl sites for hydroxylation is 1. The fourth-order valence-corrected chi connectivity index (χ4v) is 1.70. The minimum absolute atomic E-state index is 0.0980. The van der Waals surface area contributed by atoms with Crippen LogP contribution in [0.25, 0.3) is 0 Å². The molecule has 0 aliphatic carbocycles. The zero-order valence-corrected chi connectivity index (χ0v) is 10.9. The van der Waals surface area contributed by atoms with Gasteiger partial charge in [-0.05, 0) is 25.5 Å². The fraction of sp³-hybridized carbons (Fsp3) is 0.538. The van der Waals surface area contributed by atoms with Gasteiger partial charge in [-0.2, -0.15) is 0 Å². The van der Waals surface area contributed by atoms with Gasteiger partial charge in [0.25, 0.3) is 11.5 Å². The van der Waals surface area contributed by atoms with Crippen LogP contribution in [0.15, 0.2) is 16.9 Å². The largest absolute Gasteiger partial charge is 0.395 e. The minimum Gasteiger partial charge on any atom is -0.395 e. The number of nitrogens with zero attached hydrogens (tertiary/aromatic N) is 1. The first-order valence-corrected chi connectivity index (χ1v) is 6.20. The lowest BCUT2D eigenvalue weighted by molar-refractivity contribution is 0.0717. The number of pyridine rings is 1. The van der Waals surface area contributed by atoms with Crippen molar-refractivity contribution in [3.8, 4) is 0 Å². The molecule has 0 saturated heterocycles. The molecule has 1 heterocycles. The van der Waals surface area contributed by atoms with Crippen LogP contribution in [-0.4, -0.2) is 40.6 Å². The Morgan fingerprint density at radius 1 is 1.39 bits per heavy atom. The Balaban J connectivity index is 2.90. The highest BCUT2D eigenvalue weighted by molar-refractivity contribution is 5.93. The number of carbonyl (C=O) groups excluding carboxylic acids is 1. The van der Waals surface area contributed by atoms with Crippen LogP contribution in [0.2, 0.25) is 0 Å². The fourth-order valence-electron chi connectivity index (χ4n) is 1.70. The molecule has 1 rings (SSSR count). The van der Waals surface area contributed by atoms with Crippen LogP contribution >= 0.6 is 0 Å². The molecule has 0 atom stereocenters. The van der Waals surface area contributed by atoms with Crippen LogP contribution in [0.1, 0.15) is 35.8 Å². The maximum Gasteiger partial charge on any atom is 0.260 e. The molecule has 1 amide bonds. The van der Waals surface area contributed by atoms with E-state index in [4.69, 9.17) is 5.11 Å². The van der Waals surface area contributed by atoms with Gasteiger partial charge < -0.3 is 15.0 Å². The second-order valence-electron chi connectivity index (χ2n) is 4.25. The maximum atomic E-state index is 12.2. The molecular formula is C13H20N2O3. The molecule has 0 bridgehead atoms. The number of aromatic nitrogens is 1.